The van der Waals surface area contributed by atoms with Crippen LogP contribution in [0.4, 0.5) is 5.69 Å². The number of para-hydroxylation sites is 1. The van der Waals surface area contributed by atoms with E-state index in [9.17, 15) is 9.59 Å². The number of thiazole rings is 1. The normalized spacial score (nSPS) is 10.6. The quantitative estimate of drug-likeness (QED) is 0.424. The Labute approximate surface area is 181 Å². The van der Waals surface area contributed by atoms with E-state index in [1.54, 1.807) is 6.07 Å². The molecule has 8 nitrogen and oxygen atoms in total. The monoisotopic (exact) mass is 438 g/mol. The van der Waals surface area contributed by atoms with Gasteiger partial charge in [0, 0.05) is 12.1 Å². The van der Waals surface area contributed by atoms with Crippen molar-refractivity contribution in [2.24, 2.45) is 0 Å². The second kappa shape index (κ2) is 8.88. The molecule has 0 bridgehead atoms. The molecule has 158 valence electrons. The fraction of sp³-hybridized carbons (Fsp3) is 0.136. The van der Waals surface area contributed by atoms with Gasteiger partial charge in [-0.2, -0.15) is 0 Å². The van der Waals surface area contributed by atoms with Crippen LogP contribution in [0, 0.1) is 0 Å². The summed E-state index contributed by atoms with van der Waals surface area (Å²) >= 11 is 1.45. The third kappa shape index (κ3) is 4.36. The van der Waals surface area contributed by atoms with Crippen molar-refractivity contribution in [2.45, 2.75) is 6.61 Å². The minimum atomic E-state index is -0.644. The molecule has 0 aliphatic carbocycles. The summed E-state index contributed by atoms with van der Waals surface area (Å²) in [5.74, 6) is -0.388. The van der Waals surface area contributed by atoms with E-state index in [2.05, 4.69) is 10.3 Å². The fourth-order valence-electron chi connectivity index (χ4n) is 2.93. The Morgan fingerprint density at radius 2 is 1.84 bits per heavy atom. The molecule has 4 aromatic rings. The number of esters is 1. The minimum absolute atomic E-state index is 0.00189. The number of nitrogens with one attached hydrogen (secondary N) is 1. The number of amides is 1. The Balaban J connectivity index is 1.59. The highest BCUT2D eigenvalue weighted by Crippen LogP contribution is 2.34. The molecule has 0 spiro atoms. The van der Waals surface area contributed by atoms with Crippen molar-refractivity contribution < 1.29 is 28.2 Å². The van der Waals surface area contributed by atoms with Gasteiger partial charge in [-0.05, 0) is 24.3 Å². The molecule has 0 fully saturated rings. The molecule has 2 heterocycles. The fourth-order valence-corrected chi connectivity index (χ4v) is 3.81. The average Bonchev–Trinajstić information content (AvgIpc) is 3.46. The van der Waals surface area contributed by atoms with Gasteiger partial charge in [-0.15, -0.1) is 11.3 Å². The number of furan rings is 1. The Kier molecular flexibility index (Phi) is 5.85. The summed E-state index contributed by atoms with van der Waals surface area (Å²) < 4.78 is 22.2. The molecule has 0 saturated heterocycles. The number of carbonyl (C=O) groups excluding carboxylic acids is 2. The van der Waals surface area contributed by atoms with Crippen LogP contribution in [-0.2, 0) is 11.3 Å². The number of nitrogens with zero attached hydrogens (tertiary/aromatic N) is 1. The zero-order valence-corrected chi connectivity index (χ0v) is 17.5. The Morgan fingerprint density at radius 1 is 1.06 bits per heavy atom. The maximum atomic E-state index is 12.9. The maximum Gasteiger partial charge on any atom is 0.340 e. The van der Waals surface area contributed by atoms with Crippen LogP contribution >= 0.6 is 11.3 Å². The van der Waals surface area contributed by atoms with Gasteiger partial charge in [-0.3, -0.25) is 4.79 Å². The zero-order valence-electron chi connectivity index (χ0n) is 16.7. The maximum absolute atomic E-state index is 12.9. The molecule has 0 unspecified atom stereocenters. The summed E-state index contributed by atoms with van der Waals surface area (Å²) in [6.45, 7) is -0.00189. The van der Waals surface area contributed by atoms with Crippen LogP contribution in [0.15, 0.2) is 59.2 Å². The van der Waals surface area contributed by atoms with E-state index in [-0.39, 0.29) is 23.6 Å². The van der Waals surface area contributed by atoms with Crippen molar-refractivity contribution in [1.82, 2.24) is 4.98 Å². The number of hydrogen-bond donors (Lipinski definition) is 1. The molecule has 4 rings (SSSR count). The van der Waals surface area contributed by atoms with Crippen LogP contribution in [-0.4, -0.2) is 31.1 Å². The standard InChI is InChI=1S/C22H18N2O6S/c1-27-17-10-13(15(11-18(17)28-2)24-21(25)16-7-5-9-29-16)22(26)30-12-20-23-14-6-3-4-8-19(14)31-20/h3-11H,12H2,1-2H3,(H,24,25). The van der Waals surface area contributed by atoms with Crippen molar-refractivity contribution in [3.63, 3.8) is 0 Å². The van der Waals surface area contributed by atoms with Gasteiger partial charge < -0.3 is 23.9 Å². The molecular formula is C22H18N2O6S. The average molecular weight is 438 g/mol. The number of benzene rings is 2. The predicted octanol–water partition coefficient (Wildman–Crippen LogP) is 4.52. The van der Waals surface area contributed by atoms with Gasteiger partial charge in [-0.25, -0.2) is 9.78 Å². The van der Waals surface area contributed by atoms with Crippen LogP contribution in [0.3, 0.4) is 0 Å². The van der Waals surface area contributed by atoms with E-state index in [1.807, 2.05) is 24.3 Å². The summed E-state index contributed by atoms with van der Waals surface area (Å²) in [7, 11) is 2.91. The van der Waals surface area contributed by atoms with Gasteiger partial charge in [0.25, 0.3) is 5.91 Å². The largest absolute Gasteiger partial charge is 0.493 e. The summed E-state index contributed by atoms with van der Waals surface area (Å²) in [5.41, 5.74) is 1.16. The highest BCUT2D eigenvalue weighted by molar-refractivity contribution is 7.18. The SMILES string of the molecule is COc1cc(NC(=O)c2ccco2)c(C(=O)OCc2nc3ccccc3s2)cc1OC. The Hall–Kier alpha value is -3.85. The van der Waals surface area contributed by atoms with Crippen molar-refractivity contribution in [3.8, 4) is 11.5 Å². The molecule has 9 heteroatoms. The predicted molar refractivity (Wildman–Crippen MR) is 115 cm³/mol. The first-order valence-electron chi connectivity index (χ1n) is 9.21. The van der Waals surface area contributed by atoms with Gasteiger partial charge in [0.2, 0.25) is 0 Å². The Bertz CT molecular complexity index is 1200. The summed E-state index contributed by atoms with van der Waals surface area (Å²) in [6, 6.07) is 13.7. The molecule has 0 aliphatic heterocycles. The first-order valence-corrected chi connectivity index (χ1v) is 10.0. The van der Waals surface area contributed by atoms with Crippen LogP contribution < -0.4 is 14.8 Å². The van der Waals surface area contributed by atoms with Crippen molar-refractivity contribution in [3.05, 3.63) is 71.1 Å². The lowest BCUT2D eigenvalue weighted by Crippen LogP contribution is -2.16. The van der Waals surface area contributed by atoms with Gasteiger partial charge in [0.1, 0.15) is 11.6 Å². The van der Waals surface area contributed by atoms with Crippen LogP contribution in [0.1, 0.15) is 25.9 Å². The number of anilines is 1. The lowest BCUT2D eigenvalue weighted by molar-refractivity contribution is 0.0473. The van der Waals surface area contributed by atoms with Crippen molar-refractivity contribution in [1.29, 1.82) is 0 Å². The molecule has 0 aliphatic rings. The number of carbonyl (C=O) groups is 2. The molecule has 1 amide bonds. The molecule has 0 atom stereocenters. The number of fused-ring (bicyclic) bond motifs is 1. The number of methoxy groups -OCH3 is 2. The van der Waals surface area contributed by atoms with Gasteiger partial charge >= 0.3 is 5.97 Å². The lowest BCUT2D eigenvalue weighted by atomic mass is 10.1. The van der Waals surface area contributed by atoms with Crippen LogP contribution in [0.2, 0.25) is 0 Å². The van der Waals surface area contributed by atoms with E-state index in [0.29, 0.717) is 16.5 Å². The summed E-state index contributed by atoms with van der Waals surface area (Å²) in [4.78, 5) is 29.8. The Morgan fingerprint density at radius 3 is 2.55 bits per heavy atom. The van der Waals surface area contributed by atoms with Crippen LogP contribution in [0.25, 0.3) is 10.2 Å². The van der Waals surface area contributed by atoms with E-state index >= 15 is 0 Å². The number of ether oxygens (including phenoxy) is 3. The molecule has 0 radical (unpaired) electrons. The van der Waals surface area contributed by atoms with Crippen molar-refractivity contribution >= 4 is 39.1 Å². The first kappa shape index (κ1) is 20.4. The van der Waals surface area contributed by atoms with E-state index < -0.39 is 11.9 Å². The third-order valence-corrected chi connectivity index (χ3v) is 5.41. The van der Waals surface area contributed by atoms with Crippen LogP contribution in [0.5, 0.6) is 11.5 Å². The summed E-state index contributed by atoms with van der Waals surface area (Å²) in [6.07, 6.45) is 1.39. The molecule has 2 aromatic carbocycles. The highest BCUT2D eigenvalue weighted by atomic mass is 32.1. The smallest absolute Gasteiger partial charge is 0.340 e. The van der Waals surface area contributed by atoms with Gasteiger partial charge in [0.15, 0.2) is 17.3 Å². The van der Waals surface area contributed by atoms with E-state index in [0.717, 1.165) is 10.2 Å². The number of hydrogen-bond acceptors (Lipinski definition) is 8. The number of aromatic nitrogens is 1. The molecule has 0 saturated carbocycles. The second-order valence-electron chi connectivity index (χ2n) is 6.34. The molecule has 2 aromatic heterocycles. The minimum Gasteiger partial charge on any atom is -0.493 e. The molecule has 31 heavy (non-hydrogen) atoms. The van der Waals surface area contributed by atoms with Crippen molar-refractivity contribution in [2.75, 3.05) is 19.5 Å². The van der Waals surface area contributed by atoms with E-state index in [4.69, 9.17) is 18.6 Å². The highest BCUT2D eigenvalue weighted by Gasteiger charge is 2.21. The second-order valence-corrected chi connectivity index (χ2v) is 7.45. The zero-order chi connectivity index (χ0) is 21.8. The first-order chi connectivity index (χ1) is 15.1. The molecular weight excluding hydrogens is 420 g/mol. The number of rotatable bonds is 7. The van der Waals surface area contributed by atoms with Gasteiger partial charge in [-0.1, -0.05) is 12.1 Å². The lowest BCUT2D eigenvalue weighted by Gasteiger charge is -2.14. The van der Waals surface area contributed by atoms with E-state index in [1.165, 1.54) is 50.0 Å². The van der Waals surface area contributed by atoms with Gasteiger partial charge in [0.05, 0.1) is 42.0 Å². The topological polar surface area (TPSA) is 99.9 Å². The molecule has 1 N–H and O–H groups in total. The third-order valence-electron chi connectivity index (χ3n) is 4.40. The summed E-state index contributed by atoms with van der Waals surface area (Å²) in [5, 5.41) is 3.32.